The average molecular weight is 265 g/mol. The fourth-order valence-electron chi connectivity index (χ4n) is 1.62. The molecule has 1 aromatic carbocycles. The van der Waals surface area contributed by atoms with Crippen molar-refractivity contribution < 1.29 is 22.7 Å². The van der Waals surface area contributed by atoms with Gasteiger partial charge in [0.15, 0.2) is 0 Å². The molecule has 0 aliphatic rings. The van der Waals surface area contributed by atoms with E-state index in [1.165, 1.54) is 24.9 Å². The van der Waals surface area contributed by atoms with Crippen LogP contribution in [0.3, 0.4) is 0 Å². The maximum Gasteiger partial charge on any atom is 0.390 e. The number of benzene rings is 1. The monoisotopic (exact) mass is 265 g/mol. The first-order chi connectivity index (χ1) is 8.20. The molecule has 0 bridgehead atoms. The Bertz CT molecular complexity index is 404. The third-order valence-electron chi connectivity index (χ3n) is 2.58. The normalized spacial score (nSPS) is 13.5. The quantitative estimate of drug-likeness (QED) is 0.845. The fraction of sp³-hybridized carbons (Fsp3) is 0.500. The van der Waals surface area contributed by atoms with Crippen LogP contribution in [0.1, 0.15) is 25.0 Å². The zero-order chi connectivity index (χ0) is 13.9. The number of nitrogens with zero attached hydrogens (tertiary/aromatic N) is 1. The molecular weight excluding hydrogens is 250 g/mol. The van der Waals surface area contributed by atoms with Crippen molar-refractivity contribution in [3.8, 4) is 0 Å². The molecule has 1 rings (SSSR count). The van der Waals surface area contributed by atoms with E-state index in [0.29, 0.717) is 5.69 Å². The van der Waals surface area contributed by atoms with Crippen LogP contribution in [0.2, 0.25) is 0 Å². The van der Waals surface area contributed by atoms with Crippen molar-refractivity contribution in [1.82, 2.24) is 0 Å². The molecular formula is C12H15F4NO. The summed E-state index contributed by atoms with van der Waals surface area (Å²) in [5.41, 5.74) is 0.676. The van der Waals surface area contributed by atoms with Crippen molar-refractivity contribution in [3.05, 3.63) is 29.6 Å². The van der Waals surface area contributed by atoms with Crippen molar-refractivity contribution in [2.75, 3.05) is 18.5 Å². The highest BCUT2D eigenvalue weighted by molar-refractivity contribution is 5.54. The van der Waals surface area contributed by atoms with Crippen LogP contribution in [0.4, 0.5) is 23.2 Å². The first-order valence-electron chi connectivity index (χ1n) is 5.46. The van der Waals surface area contributed by atoms with E-state index in [1.54, 1.807) is 0 Å². The molecule has 0 aliphatic carbocycles. The molecule has 6 heteroatoms. The Hall–Kier alpha value is -1.30. The number of aliphatic hydroxyl groups is 1. The van der Waals surface area contributed by atoms with Gasteiger partial charge in [-0.05, 0) is 25.1 Å². The average Bonchev–Trinajstić information content (AvgIpc) is 2.24. The Balaban J connectivity index is 2.88. The van der Waals surface area contributed by atoms with Crippen LogP contribution in [0, 0.1) is 5.82 Å². The van der Waals surface area contributed by atoms with E-state index in [-0.39, 0.29) is 12.1 Å². The van der Waals surface area contributed by atoms with Gasteiger partial charge < -0.3 is 10.0 Å². The Morgan fingerprint density at radius 1 is 1.33 bits per heavy atom. The van der Waals surface area contributed by atoms with E-state index >= 15 is 0 Å². The number of anilines is 1. The molecule has 102 valence electrons. The van der Waals surface area contributed by atoms with E-state index in [2.05, 4.69) is 0 Å². The highest BCUT2D eigenvalue weighted by Gasteiger charge is 2.27. The lowest BCUT2D eigenvalue weighted by atomic mass is 10.1. The predicted molar refractivity (Wildman–Crippen MR) is 61.0 cm³/mol. The van der Waals surface area contributed by atoms with Gasteiger partial charge in [-0.15, -0.1) is 0 Å². The standard InChI is InChI=1S/C12H15F4NO/c1-8(18)10-7-9(13)3-4-11(10)17(2)6-5-12(14,15)16/h3-4,7-8,18H,5-6H2,1-2H3/t8-/m1/s1. The van der Waals surface area contributed by atoms with Gasteiger partial charge in [-0.1, -0.05) is 0 Å². The number of hydrogen-bond acceptors (Lipinski definition) is 2. The molecule has 0 amide bonds. The van der Waals surface area contributed by atoms with Gasteiger partial charge in [-0.3, -0.25) is 0 Å². The minimum Gasteiger partial charge on any atom is -0.389 e. The summed E-state index contributed by atoms with van der Waals surface area (Å²) in [5.74, 6) is -0.529. The third-order valence-corrected chi connectivity index (χ3v) is 2.58. The molecule has 1 N–H and O–H groups in total. The van der Waals surface area contributed by atoms with Crippen LogP contribution in [-0.4, -0.2) is 24.9 Å². The Morgan fingerprint density at radius 2 is 1.94 bits per heavy atom. The summed E-state index contributed by atoms with van der Waals surface area (Å²) in [6.07, 6.45) is -6.14. The topological polar surface area (TPSA) is 23.5 Å². The second-order valence-electron chi connectivity index (χ2n) is 4.17. The molecule has 0 radical (unpaired) electrons. The van der Waals surface area contributed by atoms with Crippen molar-refractivity contribution in [3.63, 3.8) is 0 Å². The number of halogens is 4. The SMILES string of the molecule is C[C@@H](O)c1cc(F)ccc1N(C)CCC(F)(F)F. The molecule has 1 aromatic rings. The van der Waals surface area contributed by atoms with Crippen LogP contribution >= 0.6 is 0 Å². The summed E-state index contributed by atoms with van der Waals surface area (Å²) in [6.45, 7) is 1.20. The zero-order valence-electron chi connectivity index (χ0n) is 10.1. The van der Waals surface area contributed by atoms with Gasteiger partial charge in [0.1, 0.15) is 5.82 Å². The number of rotatable bonds is 4. The maximum atomic E-state index is 13.0. The lowest BCUT2D eigenvalue weighted by molar-refractivity contribution is -0.132. The predicted octanol–water partition coefficient (Wildman–Crippen LogP) is 3.27. The summed E-state index contributed by atoms with van der Waals surface area (Å²) in [4.78, 5) is 1.36. The van der Waals surface area contributed by atoms with Gasteiger partial charge in [0.2, 0.25) is 0 Å². The van der Waals surface area contributed by atoms with Crippen LogP contribution in [0.25, 0.3) is 0 Å². The Labute approximate surface area is 103 Å². The molecule has 0 aromatic heterocycles. The molecule has 0 unspecified atom stereocenters. The van der Waals surface area contributed by atoms with Gasteiger partial charge in [-0.2, -0.15) is 13.2 Å². The second kappa shape index (κ2) is 5.56. The lowest BCUT2D eigenvalue weighted by Gasteiger charge is -2.24. The van der Waals surface area contributed by atoms with Crippen molar-refractivity contribution in [1.29, 1.82) is 0 Å². The minimum atomic E-state index is -4.24. The Kier molecular flexibility index (Phi) is 4.56. The van der Waals surface area contributed by atoms with E-state index in [9.17, 15) is 22.7 Å². The highest BCUT2D eigenvalue weighted by atomic mass is 19.4. The molecule has 0 aliphatic heterocycles. The molecule has 1 atom stereocenters. The third kappa shape index (κ3) is 4.18. The molecule has 18 heavy (non-hydrogen) atoms. The van der Waals surface area contributed by atoms with E-state index in [4.69, 9.17) is 0 Å². The summed E-state index contributed by atoms with van der Waals surface area (Å²) < 4.78 is 49.4. The molecule has 0 heterocycles. The van der Waals surface area contributed by atoms with Crippen molar-refractivity contribution in [2.45, 2.75) is 25.6 Å². The molecule has 0 fully saturated rings. The fourth-order valence-corrected chi connectivity index (χ4v) is 1.62. The van der Waals surface area contributed by atoms with Gasteiger partial charge in [-0.25, -0.2) is 4.39 Å². The van der Waals surface area contributed by atoms with Gasteiger partial charge in [0, 0.05) is 24.8 Å². The molecule has 0 saturated heterocycles. The smallest absolute Gasteiger partial charge is 0.389 e. The number of aliphatic hydroxyl groups excluding tert-OH is 1. The summed E-state index contributed by atoms with van der Waals surface area (Å²) in [5, 5.41) is 9.49. The van der Waals surface area contributed by atoms with Crippen molar-refractivity contribution >= 4 is 5.69 Å². The van der Waals surface area contributed by atoms with E-state index in [0.717, 1.165) is 12.1 Å². The largest absolute Gasteiger partial charge is 0.390 e. The van der Waals surface area contributed by atoms with Crippen LogP contribution in [0.5, 0.6) is 0 Å². The molecule has 2 nitrogen and oxygen atoms in total. The lowest BCUT2D eigenvalue weighted by Crippen LogP contribution is -2.25. The first-order valence-corrected chi connectivity index (χ1v) is 5.46. The molecule has 0 saturated carbocycles. The van der Waals surface area contributed by atoms with Gasteiger partial charge in [0.05, 0.1) is 12.5 Å². The van der Waals surface area contributed by atoms with Crippen molar-refractivity contribution in [2.24, 2.45) is 0 Å². The highest BCUT2D eigenvalue weighted by Crippen LogP contribution is 2.28. The summed E-state index contributed by atoms with van der Waals surface area (Å²) in [6, 6.07) is 3.66. The Morgan fingerprint density at radius 3 is 2.44 bits per heavy atom. The second-order valence-corrected chi connectivity index (χ2v) is 4.17. The minimum absolute atomic E-state index is 0.241. The number of hydrogen-bond donors (Lipinski definition) is 1. The maximum absolute atomic E-state index is 13.0. The van der Waals surface area contributed by atoms with Crippen LogP contribution in [0.15, 0.2) is 18.2 Å². The van der Waals surface area contributed by atoms with E-state index < -0.39 is 24.5 Å². The molecule has 0 spiro atoms. The van der Waals surface area contributed by atoms with Crippen LogP contribution in [-0.2, 0) is 0 Å². The first kappa shape index (κ1) is 14.8. The summed E-state index contributed by atoms with van der Waals surface area (Å²) in [7, 11) is 1.48. The van der Waals surface area contributed by atoms with Crippen LogP contribution < -0.4 is 4.90 Å². The number of alkyl halides is 3. The zero-order valence-corrected chi connectivity index (χ0v) is 10.1. The summed E-state index contributed by atoms with van der Waals surface area (Å²) >= 11 is 0. The van der Waals surface area contributed by atoms with E-state index in [1.807, 2.05) is 0 Å². The van der Waals surface area contributed by atoms with Gasteiger partial charge >= 0.3 is 6.18 Å². The van der Waals surface area contributed by atoms with Gasteiger partial charge in [0.25, 0.3) is 0 Å².